The predicted octanol–water partition coefficient (Wildman–Crippen LogP) is 4.19. The third-order valence-corrected chi connectivity index (χ3v) is 10.2. The first kappa shape index (κ1) is 41.3. The Hall–Kier alpha value is -1.68. The number of carbonyl (C=O) groups is 2. The van der Waals surface area contributed by atoms with E-state index in [9.17, 15) is 31.2 Å². The maximum absolute atomic E-state index is 13.1. The number of sulfonamides is 1. The molecule has 10 nitrogen and oxygen atoms in total. The summed E-state index contributed by atoms with van der Waals surface area (Å²) in [5, 5.41) is 7.93. The molecule has 0 rings (SSSR count). The number of nitrogens with one attached hydrogen (secondary N) is 3. The standard InChI is InChI=1S/C28H56F3N5O5SSi/c1-8-18-35(20-12-16-33-25(37)28(29,30)31)19-11-15-32-14-9-10-21-36(42(39,40)23-24-43(5,6)7)22-13-17-34-26(38)41-27(2,3)4/h8,32H,1,9-24H2,2-7H3,(H,33,37)(H,34,38). The molecule has 0 aromatic heterocycles. The number of hydrogen-bond donors (Lipinski definition) is 3. The van der Waals surface area contributed by atoms with E-state index in [-0.39, 0.29) is 12.3 Å². The fourth-order valence-electron chi connectivity index (χ4n) is 3.89. The molecular formula is C28H56F3N5O5SSi. The molecule has 0 radical (unpaired) electrons. The van der Waals surface area contributed by atoms with Gasteiger partial charge in [-0.15, -0.1) is 6.58 Å². The van der Waals surface area contributed by atoms with Crippen molar-refractivity contribution in [3.63, 3.8) is 0 Å². The van der Waals surface area contributed by atoms with Crippen molar-refractivity contribution in [3.8, 4) is 0 Å². The first-order valence-corrected chi connectivity index (χ1v) is 20.4. The van der Waals surface area contributed by atoms with E-state index in [1.54, 1.807) is 31.2 Å². The number of ether oxygens (including phenoxy) is 1. The molecule has 0 aromatic carbocycles. The quantitative estimate of drug-likeness (QED) is 0.0855. The minimum Gasteiger partial charge on any atom is -0.444 e. The van der Waals surface area contributed by atoms with Gasteiger partial charge in [0, 0.05) is 47.3 Å². The van der Waals surface area contributed by atoms with Crippen molar-refractivity contribution in [1.29, 1.82) is 0 Å². The summed E-state index contributed by atoms with van der Waals surface area (Å²) in [6, 6.07) is 0.689. The van der Waals surface area contributed by atoms with Crippen molar-refractivity contribution >= 4 is 30.1 Å². The maximum Gasteiger partial charge on any atom is 0.471 e. The third kappa shape index (κ3) is 23.4. The van der Waals surface area contributed by atoms with Crippen molar-refractivity contribution in [3.05, 3.63) is 12.7 Å². The second-order valence-corrected chi connectivity index (χ2v) is 20.5. The van der Waals surface area contributed by atoms with E-state index < -0.39 is 41.9 Å². The lowest BCUT2D eigenvalue weighted by Gasteiger charge is -2.25. The monoisotopic (exact) mass is 659 g/mol. The van der Waals surface area contributed by atoms with Crippen molar-refractivity contribution in [2.75, 3.05) is 64.7 Å². The molecule has 0 bridgehead atoms. The van der Waals surface area contributed by atoms with Crippen LogP contribution in [-0.2, 0) is 19.6 Å². The van der Waals surface area contributed by atoms with E-state index in [0.717, 1.165) is 32.5 Å². The van der Waals surface area contributed by atoms with Crippen LogP contribution in [0.3, 0.4) is 0 Å². The normalized spacial score (nSPS) is 12.9. The van der Waals surface area contributed by atoms with Crippen molar-refractivity contribution < 1.29 is 35.9 Å². The van der Waals surface area contributed by atoms with Crippen LogP contribution in [0.4, 0.5) is 18.0 Å². The first-order chi connectivity index (χ1) is 19.8. The van der Waals surface area contributed by atoms with Gasteiger partial charge < -0.3 is 20.7 Å². The van der Waals surface area contributed by atoms with Gasteiger partial charge in [-0.05, 0) is 78.6 Å². The van der Waals surface area contributed by atoms with Crippen LogP contribution in [-0.4, -0.2) is 114 Å². The van der Waals surface area contributed by atoms with Gasteiger partial charge in [0.05, 0.1) is 5.75 Å². The van der Waals surface area contributed by atoms with Crippen LogP contribution >= 0.6 is 0 Å². The molecule has 0 aromatic rings. The molecule has 0 aliphatic heterocycles. The zero-order valence-electron chi connectivity index (χ0n) is 27.1. The van der Waals surface area contributed by atoms with Crippen LogP contribution in [0.1, 0.15) is 52.9 Å². The zero-order chi connectivity index (χ0) is 33.2. The van der Waals surface area contributed by atoms with Crippen molar-refractivity contribution in [2.45, 2.75) is 90.3 Å². The number of halogens is 3. The SMILES string of the molecule is C=CCN(CCCNCCCCN(CCCNC(=O)OC(C)(C)C)S(=O)(=O)CC[Si](C)(C)C)CCCNC(=O)C(F)(F)F. The number of hydrogen-bond acceptors (Lipinski definition) is 7. The Bertz CT molecular complexity index is 925. The Labute approximate surface area is 258 Å². The average Bonchev–Trinajstić information content (AvgIpc) is 2.85. The van der Waals surface area contributed by atoms with Crippen molar-refractivity contribution in [1.82, 2.24) is 25.2 Å². The lowest BCUT2D eigenvalue weighted by Crippen LogP contribution is -2.39. The fourth-order valence-corrected chi connectivity index (χ4v) is 8.44. The molecule has 15 heteroatoms. The lowest BCUT2D eigenvalue weighted by atomic mass is 10.2. The van der Waals surface area contributed by atoms with Crippen LogP contribution in [0.2, 0.25) is 25.7 Å². The molecule has 0 atom stereocenters. The predicted molar refractivity (Wildman–Crippen MR) is 169 cm³/mol. The molecule has 0 unspecified atom stereocenters. The number of unbranched alkanes of at least 4 members (excludes halogenated alkanes) is 1. The largest absolute Gasteiger partial charge is 0.471 e. The molecule has 0 heterocycles. The molecule has 254 valence electrons. The smallest absolute Gasteiger partial charge is 0.444 e. The topological polar surface area (TPSA) is 120 Å². The maximum atomic E-state index is 13.1. The molecule has 2 amide bonds. The molecule has 0 aliphatic rings. The van der Waals surface area contributed by atoms with Crippen LogP contribution in [0, 0.1) is 0 Å². The minimum absolute atomic E-state index is 0.0463. The van der Waals surface area contributed by atoms with Crippen LogP contribution in [0.25, 0.3) is 0 Å². The summed E-state index contributed by atoms with van der Waals surface area (Å²) in [5.74, 6) is -1.79. The van der Waals surface area contributed by atoms with Crippen LogP contribution in [0.15, 0.2) is 12.7 Å². The van der Waals surface area contributed by atoms with Gasteiger partial charge >= 0.3 is 18.2 Å². The average molecular weight is 660 g/mol. The van der Waals surface area contributed by atoms with Crippen molar-refractivity contribution in [2.24, 2.45) is 0 Å². The Morgan fingerprint density at radius 3 is 1.95 bits per heavy atom. The van der Waals surface area contributed by atoms with Gasteiger partial charge in [-0.3, -0.25) is 9.69 Å². The summed E-state index contributed by atoms with van der Waals surface area (Å²) in [4.78, 5) is 24.9. The van der Waals surface area contributed by atoms with Gasteiger partial charge in [-0.2, -0.15) is 13.2 Å². The van der Waals surface area contributed by atoms with E-state index in [0.29, 0.717) is 58.0 Å². The molecule has 3 N–H and O–H groups in total. The summed E-state index contributed by atoms with van der Waals surface area (Å²) in [5.41, 5.74) is -0.599. The zero-order valence-corrected chi connectivity index (χ0v) is 28.9. The summed E-state index contributed by atoms with van der Waals surface area (Å²) in [6.07, 6.45) is -0.446. The van der Waals surface area contributed by atoms with Gasteiger partial charge in [-0.1, -0.05) is 25.7 Å². The molecule has 0 saturated heterocycles. The molecule has 0 spiro atoms. The van der Waals surface area contributed by atoms with Gasteiger partial charge in [0.25, 0.3) is 0 Å². The molecule has 0 aliphatic carbocycles. The Kier molecular flexibility index (Phi) is 19.6. The molecule has 0 saturated carbocycles. The van der Waals surface area contributed by atoms with Gasteiger partial charge in [-0.25, -0.2) is 17.5 Å². The number of alkyl carbamates (subject to hydrolysis) is 1. The first-order valence-electron chi connectivity index (χ1n) is 15.1. The summed E-state index contributed by atoms with van der Waals surface area (Å²) in [7, 11) is -4.95. The minimum atomic E-state index is -4.87. The molecule has 0 fully saturated rings. The molecule has 43 heavy (non-hydrogen) atoms. The second-order valence-electron chi connectivity index (χ2n) is 12.8. The highest BCUT2D eigenvalue weighted by atomic mass is 32.2. The van der Waals surface area contributed by atoms with Crippen LogP contribution < -0.4 is 16.0 Å². The second kappa shape index (κ2) is 20.4. The summed E-state index contributed by atoms with van der Waals surface area (Å²) in [6.45, 7) is 19.9. The number of nitrogens with zero attached hydrogens (tertiary/aromatic N) is 2. The highest BCUT2D eigenvalue weighted by Gasteiger charge is 2.38. The van der Waals surface area contributed by atoms with E-state index in [1.165, 1.54) is 0 Å². The number of rotatable bonds is 23. The lowest BCUT2D eigenvalue weighted by molar-refractivity contribution is -0.173. The fraction of sp³-hybridized carbons (Fsp3) is 0.857. The summed E-state index contributed by atoms with van der Waals surface area (Å²) >= 11 is 0. The Balaban J connectivity index is 4.51. The number of carbonyl (C=O) groups excluding carboxylic acids is 2. The van der Waals surface area contributed by atoms with E-state index in [2.05, 4.69) is 41.8 Å². The number of alkyl halides is 3. The highest BCUT2D eigenvalue weighted by molar-refractivity contribution is 7.89. The Morgan fingerprint density at radius 2 is 1.40 bits per heavy atom. The van der Waals surface area contributed by atoms with E-state index in [1.807, 2.05) is 5.32 Å². The van der Waals surface area contributed by atoms with E-state index >= 15 is 0 Å². The van der Waals surface area contributed by atoms with Gasteiger partial charge in [0.15, 0.2) is 0 Å². The summed E-state index contributed by atoms with van der Waals surface area (Å²) < 4.78 is 69.9. The van der Waals surface area contributed by atoms with E-state index in [4.69, 9.17) is 4.74 Å². The molecular weight excluding hydrogens is 603 g/mol. The van der Waals surface area contributed by atoms with Gasteiger partial charge in [0.1, 0.15) is 5.60 Å². The highest BCUT2D eigenvalue weighted by Crippen LogP contribution is 2.15. The van der Waals surface area contributed by atoms with Gasteiger partial charge in [0.2, 0.25) is 10.0 Å². The van der Waals surface area contributed by atoms with Crippen LogP contribution in [0.5, 0.6) is 0 Å². The Morgan fingerprint density at radius 1 is 0.860 bits per heavy atom. The number of amides is 2. The third-order valence-electron chi connectivity index (χ3n) is 6.18.